The van der Waals surface area contributed by atoms with E-state index in [0.29, 0.717) is 23.4 Å². The third-order valence-corrected chi connectivity index (χ3v) is 7.15. The van der Waals surface area contributed by atoms with E-state index in [1.807, 2.05) is 0 Å². The molecule has 2 atom stereocenters. The Morgan fingerprint density at radius 1 is 0.821 bits per heavy atom. The third-order valence-electron chi connectivity index (χ3n) is 7.15. The molecule has 28 heavy (non-hydrogen) atoms. The molecule has 0 aromatic heterocycles. The molecule has 2 bridgehead atoms. The molecule has 0 radical (unpaired) electrons. The van der Waals surface area contributed by atoms with Crippen LogP contribution in [0, 0.1) is 0 Å². The van der Waals surface area contributed by atoms with Crippen molar-refractivity contribution in [2.45, 2.75) is 69.4 Å². The number of rotatable bonds is 7. The summed E-state index contributed by atoms with van der Waals surface area (Å²) < 4.78 is 0. The highest BCUT2D eigenvalue weighted by atomic mass is 15.2. The molecule has 2 saturated heterocycles. The molecule has 2 aromatic carbocycles. The minimum absolute atomic E-state index is 0.313. The van der Waals surface area contributed by atoms with Crippen LogP contribution in [0.1, 0.15) is 68.9 Å². The van der Waals surface area contributed by atoms with Gasteiger partial charge >= 0.3 is 0 Å². The van der Waals surface area contributed by atoms with Crippen molar-refractivity contribution in [1.82, 2.24) is 10.2 Å². The van der Waals surface area contributed by atoms with Crippen LogP contribution in [0.15, 0.2) is 60.7 Å². The largest absolute Gasteiger partial charge is 0.313 e. The smallest absolute Gasteiger partial charge is 0.0234 e. The van der Waals surface area contributed by atoms with Crippen molar-refractivity contribution in [2.24, 2.45) is 0 Å². The van der Waals surface area contributed by atoms with Gasteiger partial charge in [-0.1, -0.05) is 74.5 Å². The van der Waals surface area contributed by atoms with Crippen LogP contribution < -0.4 is 5.32 Å². The molecule has 0 spiro atoms. The van der Waals surface area contributed by atoms with E-state index in [1.165, 1.54) is 56.3 Å². The van der Waals surface area contributed by atoms with Gasteiger partial charge in [-0.3, -0.25) is 4.90 Å². The zero-order chi connectivity index (χ0) is 19.4. The molecule has 5 rings (SSSR count). The van der Waals surface area contributed by atoms with Crippen LogP contribution in [0.3, 0.4) is 0 Å². The van der Waals surface area contributed by atoms with E-state index >= 15 is 0 Å². The number of nitrogens with zero attached hydrogens (tertiary/aromatic N) is 1. The monoisotopic (exact) mass is 376 g/mol. The Hall–Kier alpha value is -1.64. The van der Waals surface area contributed by atoms with Crippen molar-refractivity contribution < 1.29 is 0 Å². The normalized spacial score (nSPS) is 29.8. The Morgan fingerprint density at radius 2 is 1.32 bits per heavy atom. The van der Waals surface area contributed by atoms with Crippen molar-refractivity contribution in [2.75, 3.05) is 19.6 Å². The van der Waals surface area contributed by atoms with E-state index in [-0.39, 0.29) is 0 Å². The fourth-order valence-corrected chi connectivity index (χ4v) is 5.99. The summed E-state index contributed by atoms with van der Waals surface area (Å²) in [5, 5.41) is 4.01. The fourth-order valence-electron chi connectivity index (χ4n) is 5.99. The van der Waals surface area contributed by atoms with Gasteiger partial charge in [-0.25, -0.2) is 0 Å². The molecular formula is C26H36N2. The summed E-state index contributed by atoms with van der Waals surface area (Å²) in [7, 11) is 0. The molecular weight excluding hydrogens is 340 g/mol. The quantitative estimate of drug-likeness (QED) is 0.679. The lowest BCUT2D eigenvalue weighted by Gasteiger charge is -2.52. The number of fused-ring (bicyclic) bond motifs is 4. The highest BCUT2D eigenvalue weighted by Crippen LogP contribution is 2.51. The van der Waals surface area contributed by atoms with Crippen molar-refractivity contribution >= 4 is 0 Å². The molecule has 2 aliphatic heterocycles. The van der Waals surface area contributed by atoms with Crippen molar-refractivity contribution in [3.05, 3.63) is 71.8 Å². The van der Waals surface area contributed by atoms with Gasteiger partial charge in [0, 0.05) is 23.4 Å². The molecule has 0 amide bonds. The summed E-state index contributed by atoms with van der Waals surface area (Å²) >= 11 is 0. The highest BCUT2D eigenvalue weighted by Gasteiger charge is 2.51. The standard InChI is InChI=1S/C26H36N2/c1-3-17-28(18-4-2)26-15-16-27-25(23(19-26)21-11-7-5-8-12-21)24(20-26)22-13-9-6-10-14-22/h5-14,23-25,27H,3-4,15-20H2,1-2H3. The Balaban J connectivity index is 1.77. The van der Waals surface area contributed by atoms with Gasteiger partial charge in [-0.15, -0.1) is 0 Å². The molecule has 2 heterocycles. The first-order chi connectivity index (χ1) is 13.8. The van der Waals surface area contributed by atoms with Crippen LogP contribution in [0.2, 0.25) is 0 Å². The maximum atomic E-state index is 4.01. The first kappa shape index (κ1) is 19.7. The van der Waals surface area contributed by atoms with Gasteiger partial charge in [-0.2, -0.15) is 0 Å². The molecule has 150 valence electrons. The Kier molecular flexibility index (Phi) is 6.18. The van der Waals surface area contributed by atoms with Gasteiger partial charge < -0.3 is 5.32 Å². The number of hydrogen-bond acceptors (Lipinski definition) is 2. The van der Waals surface area contributed by atoms with Crippen molar-refractivity contribution in [1.29, 1.82) is 0 Å². The molecule has 2 nitrogen and oxygen atoms in total. The van der Waals surface area contributed by atoms with Gasteiger partial charge in [0.15, 0.2) is 0 Å². The SMILES string of the molecule is CCCN(CCC)C12CCNC(C(c3ccccc3)C1)C(c1ccccc1)C2. The van der Waals surface area contributed by atoms with Crippen LogP contribution in [0.25, 0.3) is 0 Å². The van der Waals surface area contributed by atoms with Crippen molar-refractivity contribution in [3.8, 4) is 0 Å². The van der Waals surface area contributed by atoms with E-state index in [9.17, 15) is 0 Å². The molecule has 3 aliphatic rings. The van der Waals surface area contributed by atoms with Gasteiger partial charge in [0.25, 0.3) is 0 Å². The van der Waals surface area contributed by atoms with Gasteiger partial charge in [0.1, 0.15) is 0 Å². The van der Waals surface area contributed by atoms with Crippen LogP contribution in [0.4, 0.5) is 0 Å². The maximum Gasteiger partial charge on any atom is 0.0234 e. The molecule has 3 fully saturated rings. The summed E-state index contributed by atoms with van der Waals surface area (Å²) in [4.78, 5) is 2.86. The predicted octanol–water partition coefficient (Wildman–Crippen LogP) is 5.57. The van der Waals surface area contributed by atoms with Crippen LogP contribution in [-0.4, -0.2) is 36.1 Å². The van der Waals surface area contributed by atoms with E-state index in [1.54, 1.807) is 0 Å². The maximum absolute atomic E-state index is 4.01. The molecule has 1 saturated carbocycles. The first-order valence-electron chi connectivity index (χ1n) is 11.4. The topological polar surface area (TPSA) is 15.3 Å². The lowest BCUT2D eigenvalue weighted by atomic mass is 9.63. The van der Waals surface area contributed by atoms with Crippen LogP contribution >= 0.6 is 0 Å². The lowest BCUT2D eigenvalue weighted by molar-refractivity contribution is 0.0345. The van der Waals surface area contributed by atoms with Crippen molar-refractivity contribution in [3.63, 3.8) is 0 Å². The van der Waals surface area contributed by atoms with E-state index in [4.69, 9.17) is 0 Å². The Morgan fingerprint density at radius 3 is 1.79 bits per heavy atom. The molecule has 1 aliphatic carbocycles. The summed E-state index contributed by atoms with van der Waals surface area (Å²) in [6, 6.07) is 23.1. The first-order valence-corrected chi connectivity index (χ1v) is 11.4. The minimum atomic E-state index is 0.313. The number of nitrogens with one attached hydrogen (secondary N) is 1. The summed E-state index contributed by atoms with van der Waals surface area (Å²) in [5.74, 6) is 1.16. The second kappa shape index (κ2) is 8.80. The lowest BCUT2D eigenvalue weighted by Crippen LogP contribution is -2.55. The fraction of sp³-hybridized carbons (Fsp3) is 0.538. The van der Waals surface area contributed by atoms with Gasteiger partial charge in [0.05, 0.1) is 0 Å². The Labute approximate surface area is 171 Å². The minimum Gasteiger partial charge on any atom is -0.313 e. The van der Waals surface area contributed by atoms with E-state index in [2.05, 4.69) is 84.7 Å². The second-order valence-electron chi connectivity index (χ2n) is 8.88. The van der Waals surface area contributed by atoms with Crippen LogP contribution in [-0.2, 0) is 0 Å². The van der Waals surface area contributed by atoms with Crippen LogP contribution in [0.5, 0.6) is 0 Å². The van der Waals surface area contributed by atoms with E-state index < -0.39 is 0 Å². The average molecular weight is 377 g/mol. The predicted molar refractivity (Wildman–Crippen MR) is 119 cm³/mol. The third kappa shape index (κ3) is 3.77. The van der Waals surface area contributed by atoms with Gasteiger partial charge in [0.2, 0.25) is 0 Å². The number of hydrogen-bond donors (Lipinski definition) is 1. The molecule has 1 N–H and O–H groups in total. The Bertz CT molecular complexity index is 671. The molecule has 2 unspecified atom stereocenters. The second-order valence-corrected chi connectivity index (χ2v) is 8.88. The molecule has 2 heteroatoms. The molecule has 2 aromatic rings. The highest BCUT2D eigenvalue weighted by molar-refractivity contribution is 5.32. The average Bonchev–Trinajstić information content (AvgIpc) is 3.06. The number of benzene rings is 2. The van der Waals surface area contributed by atoms with Gasteiger partial charge in [-0.05, 0) is 62.9 Å². The summed E-state index contributed by atoms with van der Waals surface area (Å²) in [6.07, 6.45) is 6.33. The zero-order valence-electron chi connectivity index (χ0n) is 17.6. The summed E-state index contributed by atoms with van der Waals surface area (Å²) in [6.45, 7) is 8.26. The zero-order valence-corrected chi connectivity index (χ0v) is 17.6. The summed E-state index contributed by atoms with van der Waals surface area (Å²) in [5.41, 5.74) is 3.34. The van der Waals surface area contributed by atoms with E-state index in [0.717, 1.165) is 6.54 Å².